The van der Waals surface area contributed by atoms with Crippen LogP contribution in [0.1, 0.15) is 52.4 Å². The van der Waals surface area contributed by atoms with Crippen molar-refractivity contribution in [1.29, 1.82) is 0 Å². The summed E-state index contributed by atoms with van der Waals surface area (Å²) in [5, 5.41) is 19.9. The third kappa shape index (κ3) is 7.50. The number of esters is 2. The predicted molar refractivity (Wildman–Crippen MR) is 92.2 cm³/mol. The van der Waals surface area contributed by atoms with Crippen molar-refractivity contribution in [2.24, 2.45) is 5.92 Å². The van der Waals surface area contributed by atoms with E-state index in [0.717, 1.165) is 25.7 Å². The number of phosphoric ester groups is 1. The topological polar surface area (TPSA) is 160 Å². The van der Waals surface area contributed by atoms with Crippen LogP contribution in [-0.2, 0) is 28.2 Å². The molecule has 0 amide bonds. The zero-order valence-electron chi connectivity index (χ0n) is 15.4. The Morgan fingerprint density at radius 2 is 1.78 bits per heavy atom. The quantitative estimate of drug-likeness (QED) is 0.275. The van der Waals surface area contributed by atoms with Gasteiger partial charge in [-0.1, -0.05) is 39.5 Å². The molecule has 1 heterocycles. The maximum atomic E-state index is 12.2. The summed E-state index contributed by atoms with van der Waals surface area (Å²) in [6, 6.07) is 0. The first-order valence-electron chi connectivity index (χ1n) is 8.84. The van der Waals surface area contributed by atoms with Crippen LogP contribution in [0.3, 0.4) is 0 Å². The van der Waals surface area contributed by atoms with Gasteiger partial charge in [-0.25, -0.2) is 9.36 Å². The highest BCUT2D eigenvalue weighted by Gasteiger charge is 2.43. The van der Waals surface area contributed by atoms with Crippen LogP contribution in [0.15, 0.2) is 11.5 Å². The molecule has 1 rings (SSSR count). The van der Waals surface area contributed by atoms with E-state index in [1.165, 1.54) is 0 Å². The summed E-state index contributed by atoms with van der Waals surface area (Å²) in [5.41, 5.74) is 0. The second-order valence-corrected chi connectivity index (χ2v) is 7.46. The number of unbranched alkanes of at least 4 members (excludes halogenated alkanes) is 2. The molecule has 1 aliphatic rings. The molecule has 0 radical (unpaired) electrons. The summed E-state index contributed by atoms with van der Waals surface area (Å²) in [6.45, 7) is 3.46. The van der Waals surface area contributed by atoms with E-state index in [2.05, 4.69) is 9.26 Å². The standard InChI is InChI=1S/C16H27O10P/c1-3-5-7-10(8-6-4-2)15(19)24-9-11(17)13-12(18)14(16(20)25-13)26-27(21,22)23/h10-11,13,17-18H,3-9H2,1-2H3,(H2,21,22,23)/t11-,13+/m0/s1. The molecule has 27 heavy (non-hydrogen) atoms. The molecule has 0 aromatic heterocycles. The molecular weight excluding hydrogens is 383 g/mol. The summed E-state index contributed by atoms with van der Waals surface area (Å²) < 4.78 is 24.6. The summed E-state index contributed by atoms with van der Waals surface area (Å²) in [5.74, 6) is -4.19. The number of hydrogen-bond acceptors (Lipinski definition) is 8. The molecule has 0 unspecified atom stereocenters. The highest BCUT2D eigenvalue weighted by Crippen LogP contribution is 2.42. The summed E-state index contributed by atoms with van der Waals surface area (Å²) in [7, 11) is -5.10. The number of carbonyl (C=O) groups is 2. The van der Waals surface area contributed by atoms with Crippen molar-refractivity contribution < 1.29 is 48.2 Å². The number of carbonyl (C=O) groups excluding carboxylic acids is 2. The van der Waals surface area contributed by atoms with E-state index in [4.69, 9.17) is 14.5 Å². The van der Waals surface area contributed by atoms with Crippen molar-refractivity contribution in [2.45, 2.75) is 64.6 Å². The normalized spacial score (nSPS) is 18.6. The van der Waals surface area contributed by atoms with Crippen LogP contribution < -0.4 is 0 Å². The summed E-state index contributed by atoms with van der Waals surface area (Å²) in [4.78, 5) is 41.2. The van der Waals surface area contributed by atoms with E-state index in [1.807, 2.05) is 13.8 Å². The third-order valence-electron chi connectivity index (χ3n) is 4.02. The van der Waals surface area contributed by atoms with E-state index in [0.29, 0.717) is 12.8 Å². The lowest BCUT2D eigenvalue weighted by Crippen LogP contribution is -2.34. The lowest BCUT2D eigenvalue weighted by Gasteiger charge is -2.20. The molecule has 11 heteroatoms. The molecule has 1 aliphatic heterocycles. The van der Waals surface area contributed by atoms with E-state index in [1.54, 1.807) is 0 Å². The average molecular weight is 410 g/mol. The maximum absolute atomic E-state index is 12.2. The predicted octanol–water partition coefficient (Wildman–Crippen LogP) is 1.69. The third-order valence-corrected chi connectivity index (χ3v) is 4.44. The molecule has 0 saturated carbocycles. The minimum atomic E-state index is -5.10. The Balaban J connectivity index is 2.67. The van der Waals surface area contributed by atoms with Gasteiger partial charge >= 0.3 is 19.8 Å². The summed E-state index contributed by atoms with van der Waals surface area (Å²) >= 11 is 0. The van der Waals surface area contributed by atoms with Gasteiger partial charge in [0.15, 0.2) is 11.9 Å². The Kier molecular flexibility index (Phi) is 9.25. The van der Waals surface area contributed by atoms with Gasteiger partial charge in [-0.05, 0) is 12.8 Å². The number of ether oxygens (including phenoxy) is 2. The fourth-order valence-corrected chi connectivity index (χ4v) is 2.98. The van der Waals surface area contributed by atoms with Crippen LogP contribution in [0.2, 0.25) is 0 Å². The van der Waals surface area contributed by atoms with E-state index in [-0.39, 0.29) is 5.92 Å². The first-order valence-corrected chi connectivity index (χ1v) is 10.4. The van der Waals surface area contributed by atoms with E-state index >= 15 is 0 Å². The first-order chi connectivity index (χ1) is 12.6. The van der Waals surface area contributed by atoms with Crippen LogP contribution in [0, 0.1) is 5.92 Å². The number of aliphatic hydroxyl groups is 2. The van der Waals surface area contributed by atoms with Crippen LogP contribution in [0.25, 0.3) is 0 Å². The van der Waals surface area contributed by atoms with Crippen molar-refractivity contribution in [3.8, 4) is 0 Å². The van der Waals surface area contributed by atoms with Gasteiger partial charge in [0, 0.05) is 0 Å². The molecular formula is C16H27O10P. The Hall–Kier alpha value is -1.61. The van der Waals surface area contributed by atoms with Crippen LogP contribution >= 0.6 is 7.82 Å². The molecule has 0 saturated heterocycles. The molecule has 156 valence electrons. The highest BCUT2D eigenvalue weighted by molar-refractivity contribution is 7.46. The number of aliphatic hydroxyl groups excluding tert-OH is 2. The Bertz CT molecular complexity index is 588. The van der Waals surface area contributed by atoms with Crippen molar-refractivity contribution in [3.63, 3.8) is 0 Å². The average Bonchev–Trinajstić information content (AvgIpc) is 2.86. The van der Waals surface area contributed by atoms with Crippen molar-refractivity contribution in [2.75, 3.05) is 6.61 Å². The number of hydrogen-bond donors (Lipinski definition) is 4. The molecule has 0 aromatic rings. The molecule has 2 atom stereocenters. The molecule has 10 nitrogen and oxygen atoms in total. The second-order valence-electron chi connectivity index (χ2n) is 6.30. The summed E-state index contributed by atoms with van der Waals surface area (Å²) in [6.07, 6.45) is 1.64. The van der Waals surface area contributed by atoms with Gasteiger partial charge in [-0.2, -0.15) is 0 Å². The zero-order valence-corrected chi connectivity index (χ0v) is 16.3. The lowest BCUT2D eigenvalue weighted by molar-refractivity contribution is -0.158. The second kappa shape index (κ2) is 10.7. The molecule has 0 spiro atoms. The van der Waals surface area contributed by atoms with Gasteiger partial charge in [-0.15, -0.1) is 0 Å². The molecule has 0 bridgehead atoms. The smallest absolute Gasteiger partial charge is 0.505 e. The van der Waals surface area contributed by atoms with Crippen molar-refractivity contribution in [1.82, 2.24) is 0 Å². The fraction of sp³-hybridized carbons (Fsp3) is 0.750. The van der Waals surface area contributed by atoms with Gasteiger partial charge < -0.3 is 24.2 Å². The zero-order chi connectivity index (χ0) is 20.6. The van der Waals surface area contributed by atoms with Crippen molar-refractivity contribution in [3.05, 3.63) is 11.5 Å². The maximum Gasteiger partial charge on any atom is 0.525 e. The minimum Gasteiger partial charge on any atom is -0.505 e. The SMILES string of the molecule is CCCCC(CCCC)C(=O)OC[C@H](O)[C@H]1OC(=O)C(OP(=O)(O)O)=C1O. The van der Waals surface area contributed by atoms with Crippen LogP contribution in [-0.4, -0.2) is 50.8 Å². The molecule has 0 aromatic carbocycles. The number of phosphoric acid groups is 1. The Morgan fingerprint density at radius 3 is 2.26 bits per heavy atom. The van der Waals surface area contributed by atoms with Gasteiger partial charge in [0.25, 0.3) is 5.76 Å². The number of rotatable bonds is 12. The highest BCUT2D eigenvalue weighted by atomic mass is 31.2. The van der Waals surface area contributed by atoms with Crippen LogP contribution in [0.4, 0.5) is 0 Å². The Labute approximate surface area is 157 Å². The Morgan fingerprint density at radius 1 is 1.22 bits per heavy atom. The van der Waals surface area contributed by atoms with Gasteiger partial charge in [0.1, 0.15) is 12.7 Å². The monoisotopic (exact) mass is 410 g/mol. The fourth-order valence-electron chi connectivity index (χ4n) is 2.58. The number of cyclic esters (lactones) is 1. The molecule has 4 N–H and O–H groups in total. The van der Waals surface area contributed by atoms with Gasteiger partial charge in [0.05, 0.1) is 5.92 Å². The molecule has 0 aliphatic carbocycles. The van der Waals surface area contributed by atoms with Crippen molar-refractivity contribution >= 4 is 19.8 Å². The first kappa shape index (κ1) is 23.4. The minimum absolute atomic E-state index is 0.305. The molecule has 0 fully saturated rings. The van der Waals surface area contributed by atoms with E-state index in [9.17, 15) is 24.4 Å². The largest absolute Gasteiger partial charge is 0.525 e. The van der Waals surface area contributed by atoms with Crippen LogP contribution in [0.5, 0.6) is 0 Å². The lowest BCUT2D eigenvalue weighted by atomic mass is 9.96. The van der Waals surface area contributed by atoms with Gasteiger partial charge in [0.2, 0.25) is 0 Å². The van der Waals surface area contributed by atoms with E-state index < -0.39 is 50.1 Å². The van der Waals surface area contributed by atoms with Gasteiger partial charge in [-0.3, -0.25) is 14.6 Å².